The monoisotopic (exact) mass is 316 g/mol. The molecule has 2 aromatic heterocycles. The summed E-state index contributed by atoms with van der Waals surface area (Å²) in [6.45, 7) is 3.19. The topological polar surface area (TPSA) is 24.9 Å². The average molecular weight is 317 g/mol. The average Bonchev–Trinajstić information content (AvgIpc) is 2.91. The Balaban J connectivity index is 2.21. The van der Waals surface area contributed by atoms with Crippen molar-refractivity contribution in [1.29, 1.82) is 0 Å². The fourth-order valence-corrected chi connectivity index (χ4v) is 3.77. The van der Waals surface area contributed by atoms with Gasteiger partial charge >= 0.3 is 0 Å². The molecule has 0 aliphatic heterocycles. The maximum absolute atomic E-state index is 4.40. The van der Waals surface area contributed by atoms with Crippen LogP contribution in [-0.4, -0.2) is 11.5 Å². The third-order valence-corrected chi connectivity index (χ3v) is 4.70. The first-order valence-electron chi connectivity index (χ1n) is 5.19. The van der Waals surface area contributed by atoms with E-state index in [1.54, 1.807) is 22.7 Å². The molecule has 0 radical (unpaired) electrons. The van der Waals surface area contributed by atoms with Crippen LogP contribution < -0.4 is 5.32 Å². The minimum absolute atomic E-state index is 0.247. The van der Waals surface area contributed by atoms with E-state index in [-0.39, 0.29) is 6.04 Å². The van der Waals surface area contributed by atoms with Gasteiger partial charge in [0, 0.05) is 16.5 Å². The first-order chi connectivity index (χ1) is 7.81. The van der Waals surface area contributed by atoms with Crippen LogP contribution in [0.1, 0.15) is 29.3 Å². The standard InChI is InChI=1S/C11H13BrN2S2/c1-2-5-13-10(11-14-6-7-15-11)8-3-4-9(12)16-8/h3-4,6-7,10,13H,2,5H2,1H3. The SMILES string of the molecule is CCCNC(c1ccc(Br)s1)c1nccs1. The van der Waals surface area contributed by atoms with Gasteiger partial charge in [-0.15, -0.1) is 22.7 Å². The quantitative estimate of drug-likeness (QED) is 0.900. The van der Waals surface area contributed by atoms with Crippen LogP contribution in [0.5, 0.6) is 0 Å². The Morgan fingerprint density at radius 1 is 1.50 bits per heavy atom. The van der Waals surface area contributed by atoms with Crippen molar-refractivity contribution in [2.75, 3.05) is 6.54 Å². The van der Waals surface area contributed by atoms with Gasteiger partial charge in [-0.05, 0) is 41.0 Å². The summed E-state index contributed by atoms with van der Waals surface area (Å²) < 4.78 is 1.17. The van der Waals surface area contributed by atoms with E-state index in [1.165, 1.54) is 8.66 Å². The second kappa shape index (κ2) is 5.91. The van der Waals surface area contributed by atoms with Gasteiger partial charge in [0.1, 0.15) is 5.01 Å². The summed E-state index contributed by atoms with van der Waals surface area (Å²) in [6.07, 6.45) is 3.00. The maximum Gasteiger partial charge on any atom is 0.115 e. The summed E-state index contributed by atoms with van der Waals surface area (Å²) in [5, 5.41) is 6.71. The van der Waals surface area contributed by atoms with E-state index < -0.39 is 0 Å². The van der Waals surface area contributed by atoms with Gasteiger partial charge < -0.3 is 5.32 Å². The van der Waals surface area contributed by atoms with Crippen molar-refractivity contribution in [2.24, 2.45) is 0 Å². The Morgan fingerprint density at radius 2 is 2.38 bits per heavy atom. The Hall–Kier alpha value is -0.230. The predicted octanol–water partition coefficient (Wildman–Crippen LogP) is 4.06. The van der Waals surface area contributed by atoms with Crippen LogP contribution >= 0.6 is 38.6 Å². The molecule has 1 unspecified atom stereocenters. The van der Waals surface area contributed by atoms with Crippen molar-refractivity contribution in [3.05, 3.63) is 37.4 Å². The summed E-state index contributed by atoms with van der Waals surface area (Å²) in [5.41, 5.74) is 0. The molecule has 0 amide bonds. The molecule has 0 fully saturated rings. The van der Waals surface area contributed by atoms with E-state index in [1.807, 2.05) is 11.6 Å². The van der Waals surface area contributed by atoms with E-state index in [0.29, 0.717) is 0 Å². The lowest BCUT2D eigenvalue weighted by atomic mass is 10.2. The summed E-state index contributed by atoms with van der Waals surface area (Å²) >= 11 is 6.97. The summed E-state index contributed by atoms with van der Waals surface area (Å²) in [6, 6.07) is 4.49. The molecule has 2 nitrogen and oxygen atoms in total. The highest BCUT2D eigenvalue weighted by molar-refractivity contribution is 9.11. The fraction of sp³-hybridized carbons (Fsp3) is 0.364. The number of nitrogens with zero attached hydrogens (tertiary/aromatic N) is 1. The van der Waals surface area contributed by atoms with Crippen LogP contribution in [-0.2, 0) is 0 Å². The number of hydrogen-bond acceptors (Lipinski definition) is 4. The van der Waals surface area contributed by atoms with Crippen LogP contribution in [0.25, 0.3) is 0 Å². The van der Waals surface area contributed by atoms with Gasteiger partial charge in [-0.1, -0.05) is 6.92 Å². The number of nitrogens with one attached hydrogen (secondary N) is 1. The van der Waals surface area contributed by atoms with E-state index in [9.17, 15) is 0 Å². The second-order valence-electron chi connectivity index (χ2n) is 3.40. The van der Waals surface area contributed by atoms with Crippen LogP contribution in [0.4, 0.5) is 0 Å². The largest absolute Gasteiger partial charge is 0.304 e. The second-order valence-corrected chi connectivity index (χ2v) is 6.82. The van der Waals surface area contributed by atoms with Crippen molar-refractivity contribution in [3.8, 4) is 0 Å². The maximum atomic E-state index is 4.40. The molecular weight excluding hydrogens is 304 g/mol. The Labute approximate surface area is 112 Å². The molecule has 16 heavy (non-hydrogen) atoms. The minimum Gasteiger partial charge on any atom is -0.304 e. The van der Waals surface area contributed by atoms with Crippen molar-refractivity contribution >= 4 is 38.6 Å². The van der Waals surface area contributed by atoms with Gasteiger partial charge in [0.2, 0.25) is 0 Å². The van der Waals surface area contributed by atoms with Gasteiger partial charge in [-0.3, -0.25) is 0 Å². The lowest BCUT2D eigenvalue weighted by Gasteiger charge is -2.14. The molecule has 86 valence electrons. The molecule has 1 N–H and O–H groups in total. The molecule has 1 atom stereocenters. The zero-order chi connectivity index (χ0) is 11.4. The molecule has 0 aliphatic carbocycles. The first kappa shape index (κ1) is 12.2. The molecule has 0 saturated heterocycles. The molecule has 2 rings (SSSR count). The molecular formula is C11H13BrN2S2. The molecule has 2 heterocycles. The van der Waals surface area contributed by atoms with Crippen LogP contribution in [0.3, 0.4) is 0 Å². The molecule has 0 aliphatic rings. The molecule has 0 spiro atoms. The Kier molecular flexibility index (Phi) is 4.52. The Morgan fingerprint density at radius 3 is 2.94 bits per heavy atom. The smallest absolute Gasteiger partial charge is 0.115 e. The normalized spacial score (nSPS) is 12.9. The summed E-state index contributed by atoms with van der Waals surface area (Å²) in [4.78, 5) is 5.72. The van der Waals surface area contributed by atoms with E-state index in [4.69, 9.17) is 0 Å². The predicted molar refractivity (Wildman–Crippen MR) is 74.3 cm³/mol. The third kappa shape index (κ3) is 2.91. The minimum atomic E-state index is 0.247. The van der Waals surface area contributed by atoms with Crippen molar-refractivity contribution in [1.82, 2.24) is 10.3 Å². The van der Waals surface area contributed by atoms with Crippen molar-refractivity contribution in [2.45, 2.75) is 19.4 Å². The number of thiazole rings is 1. The number of hydrogen-bond donors (Lipinski definition) is 1. The summed E-state index contributed by atoms with van der Waals surface area (Å²) in [7, 11) is 0. The first-order valence-corrected chi connectivity index (χ1v) is 7.68. The van der Waals surface area contributed by atoms with Gasteiger partial charge in [0.05, 0.1) is 9.83 Å². The van der Waals surface area contributed by atoms with Crippen LogP contribution in [0.2, 0.25) is 0 Å². The van der Waals surface area contributed by atoms with Crippen molar-refractivity contribution in [3.63, 3.8) is 0 Å². The van der Waals surface area contributed by atoms with Crippen LogP contribution in [0.15, 0.2) is 27.5 Å². The number of rotatable bonds is 5. The van der Waals surface area contributed by atoms with Crippen molar-refractivity contribution < 1.29 is 0 Å². The van der Waals surface area contributed by atoms with Crippen LogP contribution in [0, 0.1) is 0 Å². The third-order valence-electron chi connectivity index (χ3n) is 2.18. The van der Waals surface area contributed by atoms with E-state index >= 15 is 0 Å². The van der Waals surface area contributed by atoms with E-state index in [2.05, 4.69) is 45.3 Å². The zero-order valence-electron chi connectivity index (χ0n) is 8.94. The highest BCUT2D eigenvalue weighted by Crippen LogP contribution is 2.31. The van der Waals surface area contributed by atoms with E-state index in [0.717, 1.165) is 18.0 Å². The summed E-state index contributed by atoms with van der Waals surface area (Å²) in [5.74, 6) is 0. The van der Waals surface area contributed by atoms with Gasteiger partial charge in [-0.2, -0.15) is 0 Å². The number of thiophene rings is 1. The molecule has 0 bridgehead atoms. The fourth-order valence-electron chi connectivity index (χ4n) is 1.46. The van der Waals surface area contributed by atoms with Gasteiger partial charge in [-0.25, -0.2) is 4.98 Å². The lowest BCUT2D eigenvalue weighted by Crippen LogP contribution is -2.22. The van der Waals surface area contributed by atoms with Gasteiger partial charge in [0.25, 0.3) is 0 Å². The highest BCUT2D eigenvalue weighted by Gasteiger charge is 2.17. The zero-order valence-corrected chi connectivity index (χ0v) is 12.2. The van der Waals surface area contributed by atoms with Gasteiger partial charge in [0.15, 0.2) is 0 Å². The molecule has 0 saturated carbocycles. The molecule has 0 aromatic carbocycles. The molecule has 5 heteroatoms. The lowest BCUT2D eigenvalue weighted by molar-refractivity contribution is 0.603. The number of halogens is 1. The highest BCUT2D eigenvalue weighted by atomic mass is 79.9. The molecule has 2 aromatic rings. The number of aromatic nitrogens is 1. The Bertz CT molecular complexity index is 425.